The summed E-state index contributed by atoms with van der Waals surface area (Å²) in [6.07, 6.45) is 3.65. The summed E-state index contributed by atoms with van der Waals surface area (Å²) >= 11 is 1.55. The second kappa shape index (κ2) is 5.31. The van der Waals surface area contributed by atoms with Gasteiger partial charge in [-0.15, -0.1) is 11.8 Å². The second-order valence-electron chi connectivity index (χ2n) is 4.61. The van der Waals surface area contributed by atoms with Crippen LogP contribution >= 0.6 is 11.8 Å². The molecule has 0 amide bonds. The maximum atomic E-state index is 10.7. The van der Waals surface area contributed by atoms with Crippen LogP contribution < -0.4 is 0 Å². The standard InChI is InChI=1S/C12H16N2O2S/c1-12(2,3)13-8-9-7-10(14(15)16)5-6-11(9)17-4/h5-8H,1-4H3. The quantitative estimate of drug-likeness (QED) is 0.358. The van der Waals surface area contributed by atoms with Gasteiger partial charge in [0.15, 0.2) is 0 Å². The van der Waals surface area contributed by atoms with E-state index in [2.05, 4.69) is 4.99 Å². The molecule has 0 aliphatic carbocycles. The summed E-state index contributed by atoms with van der Waals surface area (Å²) in [6, 6.07) is 4.83. The third-order valence-corrected chi connectivity index (χ3v) is 2.83. The molecule has 0 saturated heterocycles. The molecule has 5 heteroatoms. The number of rotatable bonds is 3. The first-order valence-corrected chi connectivity index (χ1v) is 6.43. The molecule has 0 fully saturated rings. The Bertz CT molecular complexity index is 450. The highest BCUT2D eigenvalue weighted by molar-refractivity contribution is 7.98. The van der Waals surface area contributed by atoms with Crippen LogP contribution in [0.3, 0.4) is 0 Å². The number of thioether (sulfide) groups is 1. The molecule has 1 aromatic carbocycles. The largest absolute Gasteiger partial charge is 0.287 e. The topological polar surface area (TPSA) is 55.5 Å². The number of nitrogens with zero attached hydrogens (tertiary/aromatic N) is 2. The van der Waals surface area contributed by atoms with E-state index in [-0.39, 0.29) is 11.2 Å². The van der Waals surface area contributed by atoms with E-state index in [0.717, 1.165) is 10.5 Å². The number of benzene rings is 1. The van der Waals surface area contributed by atoms with E-state index in [4.69, 9.17) is 0 Å². The fourth-order valence-electron chi connectivity index (χ4n) is 1.20. The summed E-state index contributed by atoms with van der Waals surface area (Å²) in [5.74, 6) is 0. The van der Waals surface area contributed by atoms with Gasteiger partial charge in [-0.2, -0.15) is 0 Å². The van der Waals surface area contributed by atoms with Gasteiger partial charge in [0.25, 0.3) is 5.69 Å². The van der Waals surface area contributed by atoms with Crippen molar-refractivity contribution in [2.24, 2.45) is 4.99 Å². The van der Waals surface area contributed by atoms with E-state index >= 15 is 0 Å². The van der Waals surface area contributed by atoms with Crippen molar-refractivity contribution in [1.29, 1.82) is 0 Å². The van der Waals surface area contributed by atoms with Crippen LogP contribution in [0.1, 0.15) is 26.3 Å². The molecule has 4 nitrogen and oxygen atoms in total. The number of non-ortho nitro benzene ring substituents is 1. The lowest BCUT2D eigenvalue weighted by Crippen LogP contribution is -2.09. The molecule has 0 bridgehead atoms. The van der Waals surface area contributed by atoms with E-state index < -0.39 is 4.92 Å². The highest BCUT2D eigenvalue weighted by Gasteiger charge is 2.10. The summed E-state index contributed by atoms with van der Waals surface area (Å²) in [5, 5.41) is 10.7. The molecule has 0 aliphatic heterocycles. The predicted octanol–water partition coefficient (Wildman–Crippen LogP) is 3.53. The van der Waals surface area contributed by atoms with Gasteiger partial charge in [0.2, 0.25) is 0 Å². The van der Waals surface area contributed by atoms with Crippen LogP contribution in [0.2, 0.25) is 0 Å². The first-order chi connectivity index (χ1) is 7.83. The van der Waals surface area contributed by atoms with Crippen molar-refractivity contribution in [2.75, 3.05) is 6.26 Å². The highest BCUT2D eigenvalue weighted by Crippen LogP contribution is 2.24. The zero-order valence-electron chi connectivity index (χ0n) is 10.4. The third kappa shape index (κ3) is 4.19. The van der Waals surface area contributed by atoms with E-state index in [1.54, 1.807) is 30.1 Å². The minimum Gasteiger partial charge on any atom is -0.287 e. The normalized spacial score (nSPS) is 12.0. The maximum Gasteiger partial charge on any atom is 0.270 e. The van der Waals surface area contributed by atoms with Crippen molar-refractivity contribution >= 4 is 23.7 Å². The molecule has 0 unspecified atom stereocenters. The third-order valence-electron chi connectivity index (χ3n) is 2.02. The Kier molecular flexibility index (Phi) is 4.28. The Morgan fingerprint density at radius 2 is 2.06 bits per heavy atom. The fourth-order valence-corrected chi connectivity index (χ4v) is 1.75. The summed E-state index contributed by atoms with van der Waals surface area (Å²) < 4.78 is 0. The SMILES string of the molecule is CSc1ccc([N+](=O)[O-])cc1C=NC(C)(C)C. The molecule has 17 heavy (non-hydrogen) atoms. The predicted molar refractivity (Wildman–Crippen MR) is 72.2 cm³/mol. The summed E-state index contributed by atoms with van der Waals surface area (Å²) in [6.45, 7) is 5.96. The number of nitro benzene ring substituents is 1. The molecule has 0 heterocycles. The fraction of sp³-hybridized carbons (Fsp3) is 0.417. The maximum absolute atomic E-state index is 10.7. The molecular weight excluding hydrogens is 236 g/mol. The van der Waals surface area contributed by atoms with Gasteiger partial charge < -0.3 is 0 Å². The lowest BCUT2D eigenvalue weighted by molar-refractivity contribution is -0.384. The van der Waals surface area contributed by atoms with Crippen molar-refractivity contribution in [3.63, 3.8) is 0 Å². The van der Waals surface area contributed by atoms with Crippen molar-refractivity contribution in [3.05, 3.63) is 33.9 Å². The Balaban J connectivity index is 3.15. The first kappa shape index (κ1) is 13.7. The molecule has 1 rings (SSSR count). The lowest BCUT2D eigenvalue weighted by Gasteiger charge is -2.11. The van der Waals surface area contributed by atoms with Crippen molar-refractivity contribution < 1.29 is 4.92 Å². The van der Waals surface area contributed by atoms with Crippen LogP contribution in [-0.4, -0.2) is 22.9 Å². The Morgan fingerprint density at radius 3 is 2.53 bits per heavy atom. The number of nitro groups is 1. The number of hydrogen-bond acceptors (Lipinski definition) is 4. The molecule has 92 valence electrons. The van der Waals surface area contributed by atoms with Gasteiger partial charge in [-0.1, -0.05) is 0 Å². The smallest absolute Gasteiger partial charge is 0.270 e. The molecular formula is C12H16N2O2S. The van der Waals surface area contributed by atoms with Crippen LogP contribution in [0.25, 0.3) is 0 Å². The summed E-state index contributed by atoms with van der Waals surface area (Å²) in [7, 11) is 0. The average molecular weight is 252 g/mol. The molecule has 1 aromatic rings. The van der Waals surface area contributed by atoms with Gasteiger partial charge in [0, 0.05) is 28.8 Å². The average Bonchev–Trinajstić information content (AvgIpc) is 2.24. The van der Waals surface area contributed by atoms with Crippen LogP contribution in [0.15, 0.2) is 28.1 Å². The molecule has 0 aromatic heterocycles. The van der Waals surface area contributed by atoms with Gasteiger partial charge in [0.05, 0.1) is 10.5 Å². The Hall–Kier alpha value is -1.36. The Morgan fingerprint density at radius 1 is 1.41 bits per heavy atom. The molecule has 0 atom stereocenters. The van der Waals surface area contributed by atoms with E-state index in [1.165, 1.54) is 6.07 Å². The van der Waals surface area contributed by atoms with Crippen LogP contribution in [0.5, 0.6) is 0 Å². The van der Waals surface area contributed by atoms with Crippen molar-refractivity contribution in [2.45, 2.75) is 31.2 Å². The zero-order chi connectivity index (χ0) is 13.1. The van der Waals surface area contributed by atoms with E-state index in [9.17, 15) is 10.1 Å². The molecule has 0 N–H and O–H groups in total. The molecule has 0 saturated carbocycles. The van der Waals surface area contributed by atoms with Gasteiger partial charge in [-0.05, 0) is 33.1 Å². The molecule has 0 aliphatic rings. The van der Waals surface area contributed by atoms with E-state index in [1.807, 2.05) is 27.0 Å². The van der Waals surface area contributed by atoms with Crippen molar-refractivity contribution in [1.82, 2.24) is 0 Å². The number of hydrogen-bond donors (Lipinski definition) is 0. The van der Waals surface area contributed by atoms with Crippen molar-refractivity contribution in [3.8, 4) is 0 Å². The highest BCUT2D eigenvalue weighted by atomic mass is 32.2. The molecule has 0 spiro atoms. The first-order valence-electron chi connectivity index (χ1n) is 5.21. The van der Waals surface area contributed by atoms with E-state index in [0.29, 0.717) is 0 Å². The van der Waals surface area contributed by atoms with Crippen LogP contribution in [0, 0.1) is 10.1 Å². The van der Waals surface area contributed by atoms with Crippen LogP contribution in [0.4, 0.5) is 5.69 Å². The van der Waals surface area contributed by atoms with Crippen LogP contribution in [-0.2, 0) is 0 Å². The second-order valence-corrected chi connectivity index (χ2v) is 5.46. The number of aliphatic imine (C=N–C) groups is 1. The Labute approximate surface area is 105 Å². The zero-order valence-corrected chi connectivity index (χ0v) is 11.2. The minimum atomic E-state index is -0.390. The lowest BCUT2D eigenvalue weighted by atomic mass is 10.1. The van der Waals surface area contributed by atoms with Gasteiger partial charge >= 0.3 is 0 Å². The van der Waals surface area contributed by atoms with Gasteiger partial charge in [0.1, 0.15) is 0 Å². The summed E-state index contributed by atoms with van der Waals surface area (Å²) in [5.41, 5.74) is 0.708. The van der Waals surface area contributed by atoms with Gasteiger partial charge in [-0.25, -0.2) is 0 Å². The monoisotopic (exact) mass is 252 g/mol. The summed E-state index contributed by atoms with van der Waals surface area (Å²) in [4.78, 5) is 15.7. The molecule has 0 radical (unpaired) electrons. The minimum absolute atomic E-state index is 0.0955. The van der Waals surface area contributed by atoms with Gasteiger partial charge in [-0.3, -0.25) is 15.1 Å².